The third kappa shape index (κ3) is 3.70. The van der Waals surface area contributed by atoms with Crippen LogP contribution in [0.2, 0.25) is 0 Å². The van der Waals surface area contributed by atoms with Crippen molar-refractivity contribution in [3.8, 4) is 22.9 Å². The topological polar surface area (TPSA) is 85.3 Å². The summed E-state index contributed by atoms with van der Waals surface area (Å²) >= 11 is 0. The van der Waals surface area contributed by atoms with Gasteiger partial charge in [0.05, 0.1) is 25.3 Å². The largest absolute Gasteiger partial charge is 0.493 e. The maximum absolute atomic E-state index is 14.1. The van der Waals surface area contributed by atoms with E-state index in [4.69, 9.17) is 14.5 Å². The Morgan fingerprint density at radius 3 is 2.64 bits per heavy atom. The maximum atomic E-state index is 14.1. The number of fused-ring (bicyclic) bond motifs is 2. The van der Waals surface area contributed by atoms with Crippen molar-refractivity contribution >= 4 is 16.9 Å². The molecule has 9 heteroatoms. The number of hydrogen-bond acceptors (Lipinski definition) is 5. The smallest absolute Gasteiger partial charge is 0.274 e. The molecule has 0 unspecified atom stereocenters. The molecule has 36 heavy (non-hydrogen) atoms. The maximum Gasteiger partial charge on any atom is 0.274 e. The van der Waals surface area contributed by atoms with Crippen LogP contribution in [0.25, 0.3) is 22.4 Å². The van der Waals surface area contributed by atoms with Crippen molar-refractivity contribution in [1.29, 1.82) is 0 Å². The van der Waals surface area contributed by atoms with E-state index in [1.807, 2.05) is 23.1 Å². The van der Waals surface area contributed by atoms with Gasteiger partial charge in [-0.2, -0.15) is 5.10 Å². The quantitative estimate of drug-likeness (QED) is 0.445. The van der Waals surface area contributed by atoms with Gasteiger partial charge in [-0.3, -0.25) is 9.89 Å². The number of methoxy groups -OCH3 is 2. The minimum Gasteiger partial charge on any atom is -0.493 e. The Morgan fingerprint density at radius 1 is 1.06 bits per heavy atom. The summed E-state index contributed by atoms with van der Waals surface area (Å²) in [4.78, 5) is 20.0. The van der Waals surface area contributed by atoms with Gasteiger partial charge in [-0.15, -0.1) is 0 Å². The van der Waals surface area contributed by atoms with E-state index in [9.17, 15) is 9.18 Å². The Kier molecular flexibility index (Phi) is 5.62. The van der Waals surface area contributed by atoms with Gasteiger partial charge in [0.2, 0.25) is 0 Å². The second-order valence-electron chi connectivity index (χ2n) is 9.41. The lowest BCUT2D eigenvalue weighted by Crippen LogP contribution is -2.39. The molecule has 6 rings (SSSR count). The van der Waals surface area contributed by atoms with Crippen LogP contribution in [0.15, 0.2) is 36.4 Å². The zero-order chi connectivity index (χ0) is 24.8. The molecule has 0 spiro atoms. The van der Waals surface area contributed by atoms with Crippen molar-refractivity contribution < 1.29 is 18.7 Å². The summed E-state index contributed by atoms with van der Waals surface area (Å²) in [5.41, 5.74) is 5.09. The number of aromatic amines is 1. The molecule has 1 fully saturated rings. The first-order valence-electron chi connectivity index (χ1n) is 12.3. The van der Waals surface area contributed by atoms with Gasteiger partial charge in [0.1, 0.15) is 11.6 Å². The number of hydrogen-bond donors (Lipinski definition) is 1. The Hall–Kier alpha value is -3.88. The highest BCUT2D eigenvalue weighted by Crippen LogP contribution is 2.37. The molecule has 0 radical (unpaired) electrons. The lowest BCUT2D eigenvalue weighted by atomic mass is 10.0. The number of halogens is 1. The Bertz CT molecular complexity index is 1450. The van der Waals surface area contributed by atoms with E-state index < -0.39 is 0 Å². The number of amides is 1. The van der Waals surface area contributed by atoms with Gasteiger partial charge in [0.15, 0.2) is 17.2 Å². The zero-order valence-electron chi connectivity index (χ0n) is 20.4. The average Bonchev–Trinajstić information content (AvgIpc) is 3.62. The standard InChI is InChI=1S/C27H28FN5O3/c1-35-23-9-6-16(14-24(23)36-2)26-29-21-15-17(28)7-8-22(21)33(26)18-10-12-32(13-11-18)27(34)25-19-4-3-5-20(19)30-31-25/h6-9,14-15,18H,3-5,10-13H2,1-2H3,(H,30,31). The van der Waals surface area contributed by atoms with Gasteiger partial charge in [0, 0.05) is 42.0 Å². The third-order valence-electron chi connectivity index (χ3n) is 7.42. The van der Waals surface area contributed by atoms with Crippen LogP contribution in [0.1, 0.15) is 47.1 Å². The highest BCUT2D eigenvalue weighted by atomic mass is 19.1. The van der Waals surface area contributed by atoms with Crippen molar-refractivity contribution in [3.05, 3.63) is 59.2 Å². The molecule has 0 saturated carbocycles. The summed E-state index contributed by atoms with van der Waals surface area (Å²) in [5, 5.41) is 7.37. The van der Waals surface area contributed by atoms with Crippen molar-refractivity contribution in [2.75, 3.05) is 27.3 Å². The third-order valence-corrected chi connectivity index (χ3v) is 7.42. The fourth-order valence-corrected chi connectivity index (χ4v) is 5.59. The van der Waals surface area contributed by atoms with E-state index in [2.05, 4.69) is 14.8 Å². The number of likely N-dealkylation sites (tertiary alicyclic amines) is 1. The number of H-pyrrole nitrogens is 1. The molecule has 3 heterocycles. The first-order valence-corrected chi connectivity index (χ1v) is 12.3. The molecule has 2 aromatic carbocycles. The first-order chi connectivity index (χ1) is 17.6. The van der Waals surface area contributed by atoms with Crippen LogP contribution in [0, 0.1) is 5.82 Å². The number of nitrogens with one attached hydrogen (secondary N) is 1. The van der Waals surface area contributed by atoms with E-state index >= 15 is 0 Å². The number of benzene rings is 2. The Labute approximate surface area is 208 Å². The fraction of sp³-hybridized carbons (Fsp3) is 0.370. The summed E-state index contributed by atoms with van der Waals surface area (Å²) in [7, 11) is 3.20. The van der Waals surface area contributed by atoms with Crippen LogP contribution in [0.5, 0.6) is 11.5 Å². The Balaban J connectivity index is 1.32. The van der Waals surface area contributed by atoms with Crippen LogP contribution in [0.4, 0.5) is 4.39 Å². The number of rotatable bonds is 5. The van der Waals surface area contributed by atoms with Crippen molar-refractivity contribution in [3.63, 3.8) is 0 Å². The van der Waals surface area contributed by atoms with E-state index in [1.165, 1.54) is 12.1 Å². The van der Waals surface area contributed by atoms with Crippen LogP contribution >= 0.6 is 0 Å². The second-order valence-corrected chi connectivity index (χ2v) is 9.41. The summed E-state index contributed by atoms with van der Waals surface area (Å²) in [5.74, 6) is 1.66. The summed E-state index contributed by atoms with van der Waals surface area (Å²) in [6.07, 6.45) is 4.47. The minimum absolute atomic E-state index is 0.00512. The van der Waals surface area contributed by atoms with Crippen LogP contribution < -0.4 is 9.47 Å². The van der Waals surface area contributed by atoms with Crippen molar-refractivity contribution in [1.82, 2.24) is 24.6 Å². The fourth-order valence-electron chi connectivity index (χ4n) is 5.59. The molecule has 4 aromatic rings. The molecular formula is C27H28FN5O3. The number of carbonyl (C=O) groups is 1. The van der Waals surface area contributed by atoms with Gasteiger partial charge in [0.25, 0.3) is 5.91 Å². The minimum atomic E-state index is -0.321. The lowest BCUT2D eigenvalue weighted by Gasteiger charge is -2.33. The molecular weight excluding hydrogens is 461 g/mol. The van der Waals surface area contributed by atoms with Gasteiger partial charge < -0.3 is 18.9 Å². The van der Waals surface area contributed by atoms with E-state index in [-0.39, 0.29) is 17.8 Å². The van der Waals surface area contributed by atoms with E-state index in [1.54, 1.807) is 20.3 Å². The summed E-state index contributed by atoms with van der Waals surface area (Å²) in [6, 6.07) is 10.5. The highest BCUT2D eigenvalue weighted by Gasteiger charge is 2.31. The lowest BCUT2D eigenvalue weighted by molar-refractivity contribution is 0.0689. The predicted molar refractivity (Wildman–Crippen MR) is 133 cm³/mol. The van der Waals surface area contributed by atoms with Crippen molar-refractivity contribution in [2.24, 2.45) is 0 Å². The predicted octanol–water partition coefficient (Wildman–Crippen LogP) is 4.55. The van der Waals surface area contributed by atoms with Gasteiger partial charge in [-0.1, -0.05) is 0 Å². The molecule has 186 valence electrons. The SMILES string of the molecule is COc1ccc(-c2nc3cc(F)ccc3n2C2CCN(C(=O)c3n[nH]c4c3CCC4)CC2)cc1OC. The van der Waals surface area contributed by atoms with E-state index in [0.29, 0.717) is 35.8 Å². The van der Waals surface area contributed by atoms with Crippen LogP contribution in [0.3, 0.4) is 0 Å². The van der Waals surface area contributed by atoms with Crippen LogP contribution in [-0.4, -0.2) is 57.9 Å². The second kappa shape index (κ2) is 8.96. The van der Waals surface area contributed by atoms with Gasteiger partial charge in [-0.25, -0.2) is 9.37 Å². The molecule has 8 nitrogen and oxygen atoms in total. The molecule has 1 amide bonds. The van der Waals surface area contributed by atoms with Crippen LogP contribution in [-0.2, 0) is 12.8 Å². The molecule has 1 aliphatic heterocycles. The molecule has 2 aliphatic rings. The first kappa shape index (κ1) is 22.6. The number of aromatic nitrogens is 4. The monoisotopic (exact) mass is 489 g/mol. The molecule has 1 aliphatic carbocycles. The molecule has 0 bridgehead atoms. The number of carbonyl (C=O) groups excluding carboxylic acids is 1. The number of imidazole rings is 1. The van der Waals surface area contributed by atoms with E-state index in [0.717, 1.165) is 60.3 Å². The van der Waals surface area contributed by atoms with Gasteiger partial charge >= 0.3 is 0 Å². The highest BCUT2D eigenvalue weighted by molar-refractivity contribution is 5.94. The number of piperidine rings is 1. The average molecular weight is 490 g/mol. The van der Waals surface area contributed by atoms with Gasteiger partial charge in [-0.05, 0) is 62.4 Å². The molecule has 1 N–H and O–H groups in total. The molecule has 2 aromatic heterocycles. The Morgan fingerprint density at radius 2 is 1.86 bits per heavy atom. The normalized spacial score (nSPS) is 15.9. The number of ether oxygens (including phenoxy) is 2. The zero-order valence-corrected chi connectivity index (χ0v) is 20.4. The summed E-state index contributed by atoms with van der Waals surface area (Å²) in [6.45, 7) is 1.24. The molecule has 1 saturated heterocycles. The summed E-state index contributed by atoms with van der Waals surface area (Å²) < 4.78 is 27.2. The van der Waals surface area contributed by atoms with Crippen molar-refractivity contribution in [2.45, 2.75) is 38.1 Å². The number of nitrogens with zero attached hydrogens (tertiary/aromatic N) is 4. The molecule has 0 atom stereocenters. The number of aryl methyl sites for hydroxylation is 1.